The zero-order valence-corrected chi connectivity index (χ0v) is 12.6. The van der Waals surface area contributed by atoms with Crippen molar-refractivity contribution in [2.24, 2.45) is 5.41 Å². The molecule has 1 N–H and O–H groups in total. The smallest absolute Gasteiger partial charge is 0.324 e. The minimum absolute atomic E-state index is 0.0452. The number of urea groups is 1. The Balaban J connectivity index is 2.06. The van der Waals surface area contributed by atoms with Crippen LogP contribution in [0.25, 0.3) is 0 Å². The van der Waals surface area contributed by atoms with Crippen molar-refractivity contribution < 1.29 is 14.7 Å². The second kappa shape index (κ2) is 6.16. The van der Waals surface area contributed by atoms with Crippen LogP contribution < -0.4 is 4.90 Å². The van der Waals surface area contributed by atoms with E-state index in [0.717, 1.165) is 5.69 Å². The van der Waals surface area contributed by atoms with Crippen LogP contribution in [-0.4, -0.2) is 41.6 Å². The van der Waals surface area contributed by atoms with E-state index in [-0.39, 0.29) is 6.03 Å². The van der Waals surface area contributed by atoms with Crippen LogP contribution in [-0.2, 0) is 4.79 Å². The van der Waals surface area contributed by atoms with Crippen LogP contribution in [0.4, 0.5) is 10.5 Å². The van der Waals surface area contributed by atoms with Crippen molar-refractivity contribution in [3.05, 3.63) is 30.3 Å². The van der Waals surface area contributed by atoms with E-state index in [9.17, 15) is 14.7 Å². The number of carbonyl (C=O) groups is 2. The summed E-state index contributed by atoms with van der Waals surface area (Å²) in [7, 11) is 0. The number of carboxylic acids is 1. The Hall–Kier alpha value is -2.04. The zero-order valence-electron chi connectivity index (χ0n) is 12.6. The van der Waals surface area contributed by atoms with Gasteiger partial charge in [0.2, 0.25) is 0 Å². The first-order valence-electron chi connectivity index (χ1n) is 7.33. The van der Waals surface area contributed by atoms with Crippen molar-refractivity contribution >= 4 is 17.7 Å². The summed E-state index contributed by atoms with van der Waals surface area (Å²) in [5.74, 6) is -0.773. The topological polar surface area (TPSA) is 60.9 Å². The van der Waals surface area contributed by atoms with Gasteiger partial charge in [-0.2, -0.15) is 0 Å². The standard InChI is InChI=1S/C16H22N2O3/c1-3-18(13-7-5-4-6-8-13)15(21)17-11-9-16(2,10-12-17)14(19)20/h4-8H,3,9-12H2,1-2H3,(H,19,20). The van der Waals surface area contributed by atoms with Crippen LogP contribution in [0.3, 0.4) is 0 Å². The maximum absolute atomic E-state index is 12.6. The quantitative estimate of drug-likeness (QED) is 0.931. The lowest BCUT2D eigenvalue weighted by molar-refractivity contribution is -0.150. The number of likely N-dealkylation sites (tertiary alicyclic amines) is 1. The Morgan fingerprint density at radius 1 is 1.24 bits per heavy atom. The number of carbonyl (C=O) groups excluding carboxylic acids is 1. The fourth-order valence-electron chi connectivity index (χ4n) is 2.61. The van der Waals surface area contributed by atoms with Gasteiger partial charge in [-0.1, -0.05) is 18.2 Å². The molecule has 1 aromatic rings. The molecular formula is C16H22N2O3. The summed E-state index contributed by atoms with van der Waals surface area (Å²) < 4.78 is 0. The summed E-state index contributed by atoms with van der Waals surface area (Å²) in [5, 5.41) is 9.24. The normalized spacial score (nSPS) is 17.3. The van der Waals surface area contributed by atoms with E-state index in [1.54, 1.807) is 16.7 Å². The van der Waals surface area contributed by atoms with E-state index in [2.05, 4.69) is 0 Å². The lowest BCUT2D eigenvalue weighted by Crippen LogP contribution is -2.50. The number of nitrogens with zero attached hydrogens (tertiary/aromatic N) is 2. The number of benzene rings is 1. The molecule has 1 aromatic carbocycles. The van der Waals surface area contributed by atoms with Crippen LogP contribution in [0.5, 0.6) is 0 Å². The van der Waals surface area contributed by atoms with E-state index in [1.807, 2.05) is 37.3 Å². The molecule has 0 aromatic heterocycles. The van der Waals surface area contributed by atoms with Gasteiger partial charge in [0, 0.05) is 25.3 Å². The molecule has 0 atom stereocenters. The molecule has 1 aliphatic rings. The molecule has 0 saturated carbocycles. The molecule has 21 heavy (non-hydrogen) atoms. The fourth-order valence-corrected chi connectivity index (χ4v) is 2.61. The molecule has 1 fully saturated rings. The summed E-state index contributed by atoms with van der Waals surface area (Å²) in [6.07, 6.45) is 1.00. The van der Waals surface area contributed by atoms with E-state index in [1.165, 1.54) is 0 Å². The van der Waals surface area contributed by atoms with Crippen LogP contribution in [0.15, 0.2) is 30.3 Å². The highest BCUT2D eigenvalue weighted by molar-refractivity contribution is 5.92. The van der Waals surface area contributed by atoms with Crippen LogP contribution in [0.2, 0.25) is 0 Å². The Bertz CT molecular complexity index is 508. The second-order valence-electron chi connectivity index (χ2n) is 5.72. The molecule has 0 spiro atoms. The molecular weight excluding hydrogens is 268 g/mol. The Morgan fingerprint density at radius 2 is 1.81 bits per heavy atom. The third-order valence-corrected chi connectivity index (χ3v) is 4.27. The largest absolute Gasteiger partial charge is 0.481 e. The van der Waals surface area contributed by atoms with E-state index < -0.39 is 11.4 Å². The van der Waals surface area contributed by atoms with Gasteiger partial charge >= 0.3 is 12.0 Å². The van der Waals surface area contributed by atoms with Gasteiger partial charge in [-0.05, 0) is 38.8 Å². The Morgan fingerprint density at radius 3 is 2.29 bits per heavy atom. The van der Waals surface area contributed by atoms with Crippen LogP contribution in [0, 0.1) is 5.41 Å². The van der Waals surface area contributed by atoms with E-state index in [4.69, 9.17) is 0 Å². The zero-order chi connectivity index (χ0) is 15.5. The minimum atomic E-state index is -0.773. The highest BCUT2D eigenvalue weighted by atomic mass is 16.4. The second-order valence-corrected chi connectivity index (χ2v) is 5.72. The molecule has 1 heterocycles. The van der Waals surface area contributed by atoms with Gasteiger partial charge in [-0.25, -0.2) is 4.79 Å². The van der Waals surface area contributed by atoms with Crippen molar-refractivity contribution in [1.82, 2.24) is 4.90 Å². The first-order chi connectivity index (χ1) is 9.98. The van der Waals surface area contributed by atoms with Crippen molar-refractivity contribution in [3.63, 3.8) is 0 Å². The van der Waals surface area contributed by atoms with Crippen LogP contribution >= 0.6 is 0 Å². The molecule has 0 unspecified atom stereocenters. The van der Waals surface area contributed by atoms with Gasteiger partial charge in [0.05, 0.1) is 5.41 Å². The highest BCUT2D eigenvalue weighted by Crippen LogP contribution is 2.31. The molecule has 0 aliphatic carbocycles. The molecule has 2 amide bonds. The summed E-state index contributed by atoms with van der Waals surface area (Å²) >= 11 is 0. The number of amides is 2. The summed E-state index contributed by atoms with van der Waals surface area (Å²) in [4.78, 5) is 27.3. The minimum Gasteiger partial charge on any atom is -0.481 e. The van der Waals surface area contributed by atoms with Gasteiger partial charge in [0.25, 0.3) is 0 Å². The van der Waals surface area contributed by atoms with Gasteiger partial charge < -0.3 is 10.0 Å². The van der Waals surface area contributed by atoms with Gasteiger partial charge in [0.1, 0.15) is 0 Å². The molecule has 2 rings (SSSR count). The lowest BCUT2D eigenvalue weighted by atomic mass is 9.80. The van der Waals surface area contributed by atoms with Crippen molar-refractivity contribution in [2.75, 3.05) is 24.5 Å². The van der Waals surface area contributed by atoms with Crippen molar-refractivity contribution in [3.8, 4) is 0 Å². The first-order valence-corrected chi connectivity index (χ1v) is 7.33. The van der Waals surface area contributed by atoms with Crippen molar-refractivity contribution in [2.45, 2.75) is 26.7 Å². The predicted molar refractivity (Wildman–Crippen MR) is 81.4 cm³/mol. The Labute approximate surface area is 125 Å². The van der Waals surface area contributed by atoms with Gasteiger partial charge in [-0.15, -0.1) is 0 Å². The predicted octanol–water partition coefficient (Wildman–Crippen LogP) is 2.82. The number of aliphatic carboxylic acids is 1. The molecule has 0 bridgehead atoms. The number of carboxylic acid groups (broad SMARTS) is 1. The number of hydrogen-bond donors (Lipinski definition) is 1. The lowest BCUT2D eigenvalue weighted by Gasteiger charge is -2.38. The molecule has 1 aliphatic heterocycles. The SMILES string of the molecule is CCN(C(=O)N1CCC(C)(C(=O)O)CC1)c1ccccc1. The highest BCUT2D eigenvalue weighted by Gasteiger charge is 2.38. The third kappa shape index (κ3) is 3.17. The molecule has 1 saturated heterocycles. The monoisotopic (exact) mass is 290 g/mol. The van der Waals surface area contributed by atoms with Gasteiger partial charge in [-0.3, -0.25) is 9.69 Å². The molecule has 0 radical (unpaired) electrons. The number of para-hydroxylation sites is 1. The molecule has 5 nitrogen and oxygen atoms in total. The van der Waals surface area contributed by atoms with Crippen molar-refractivity contribution in [1.29, 1.82) is 0 Å². The van der Waals surface area contributed by atoms with E-state index in [0.29, 0.717) is 32.5 Å². The molecule has 114 valence electrons. The van der Waals surface area contributed by atoms with E-state index >= 15 is 0 Å². The Kier molecular flexibility index (Phi) is 4.50. The fraction of sp³-hybridized carbons (Fsp3) is 0.500. The number of anilines is 1. The number of hydrogen-bond acceptors (Lipinski definition) is 2. The van der Waals surface area contributed by atoms with Gasteiger partial charge in [0.15, 0.2) is 0 Å². The maximum atomic E-state index is 12.6. The number of rotatable bonds is 3. The number of piperidine rings is 1. The third-order valence-electron chi connectivity index (χ3n) is 4.27. The summed E-state index contributed by atoms with van der Waals surface area (Å²) in [6.45, 7) is 5.27. The van der Waals surface area contributed by atoms with Crippen LogP contribution in [0.1, 0.15) is 26.7 Å². The summed E-state index contributed by atoms with van der Waals surface area (Å²) in [5.41, 5.74) is 0.164. The molecule has 5 heteroatoms. The first kappa shape index (κ1) is 15.4. The maximum Gasteiger partial charge on any atom is 0.324 e. The average Bonchev–Trinajstić information content (AvgIpc) is 2.49. The average molecular weight is 290 g/mol. The summed E-state index contributed by atoms with van der Waals surface area (Å²) in [6, 6.07) is 9.50.